The highest BCUT2D eigenvalue weighted by Crippen LogP contribution is 2.35. The minimum atomic E-state index is -0.469. The first-order valence-corrected chi connectivity index (χ1v) is 11.1. The molecular weight excluding hydrogens is 467 g/mol. The van der Waals surface area contributed by atoms with E-state index in [1.807, 2.05) is 38.1 Å². The summed E-state index contributed by atoms with van der Waals surface area (Å²) >= 11 is 13.5. The summed E-state index contributed by atoms with van der Waals surface area (Å²) in [5, 5.41) is 3.93. The van der Waals surface area contributed by atoms with Crippen molar-refractivity contribution in [3.63, 3.8) is 0 Å². The van der Waals surface area contributed by atoms with Crippen LogP contribution in [0.25, 0.3) is 11.8 Å². The Hall–Kier alpha value is -3.00. The molecule has 2 amide bonds. The van der Waals surface area contributed by atoms with Gasteiger partial charge in [0.1, 0.15) is 0 Å². The predicted molar refractivity (Wildman–Crippen MR) is 131 cm³/mol. The number of aryl methyl sites for hydroxylation is 1. The number of hydrogen-bond donors (Lipinski definition) is 2. The highest BCUT2D eigenvalue weighted by atomic mass is 35.5. The molecule has 0 bridgehead atoms. The molecule has 2 heterocycles. The van der Waals surface area contributed by atoms with Crippen molar-refractivity contribution >= 4 is 63.7 Å². The lowest BCUT2D eigenvalue weighted by Gasteiger charge is -2.10. The first-order chi connectivity index (χ1) is 15.2. The molecule has 2 aromatic carbocycles. The van der Waals surface area contributed by atoms with Crippen molar-refractivity contribution in [3.8, 4) is 5.69 Å². The summed E-state index contributed by atoms with van der Waals surface area (Å²) < 4.78 is 2.05. The molecule has 0 saturated carbocycles. The van der Waals surface area contributed by atoms with Crippen LogP contribution in [-0.2, 0) is 4.79 Å². The number of rotatable bonds is 4. The Morgan fingerprint density at radius 2 is 1.88 bits per heavy atom. The lowest BCUT2D eigenvalue weighted by Crippen LogP contribution is -2.19. The summed E-state index contributed by atoms with van der Waals surface area (Å²) in [5.74, 6) is -0.703. The minimum absolute atomic E-state index is 0.234. The number of carbonyl (C=O) groups excluding carboxylic acids is 2. The molecule has 1 fully saturated rings. The van der Waals surface area contributed by atoms with E-state index in [9.17, 15) is 9.59 Å². The summed E-state index contributed by atoms with van der Waals surface area (Å²) in [4.78, 5) is 28.8. The number of benzene rings is 2. The quantitative estimate of drug-likeness (QED) is 0.486. The number of aromatic nitrogens is 1. The zero-order valence-electron chi connectivity index (χ0n) is 17.1. The van der Waals surface area contributed by atoms with E-state index in [-0.39, 0.29) is 5.91 Å². The van der Waals surface area contributed by atoms with Crippen LogP contribution in [0.4, 0.5) is 5.69 Å². The molecule has 0 aliphatic carbocycles. The molecule has 9 heteroatoms. The third-order valence-corrected chi connectivity index (χ3v) is 6.69. The average molecular weight is 485 g/mol. The number of aliphatic imine (C=N–C) groups is 1. The topological polar surface area (TPSA) is 89.5 Å². The van der Waals surface area contributed by atoms with Crippen molar-refractivity contribution in [1.29, 1.82) is 0 Å². The van der Waals surface area contributed by atoms with Crippen LogP contribution in [0, 0.1) is 13.8 Å². The van der Waals surface area contributed by atoms with E-state index in [0.717, 1.165) is 22.6 Å². The number of nitrogens with zero attached hydrogens (tertiary/aromatic N) is 2. The maximum atomic E-state index is 12.5. The van der Waals surface area contributed by atoms with Crippen LogP contribution in [0.5, 0.6) is 0 Å². The molecule has 3 aromatic rings. The molecule has 1 aromatic heterocycles. The molecule has 1 aliphatic rings. The van der Waals surface area contributed by atoms with Gasteiger partial charge in [-0.15, -0.1) is 0 Å². The molecule has 0 unspecified atom stereocenters. The summed E-state index contributed by atoms with van der Waals surface area (Å²) in [6, 6.07) is 14.2. The largest absolute Gasteiger partial charge is 0.366 e. The fraction of sp³-hybridized carbons (Fsp3) is 0.0870. The zero-order valence-corrected chi connectivity index (χ0v) is 19.5. The smallest absolute Gasteiger partial charge is 0.264 e. The van der Waals surface area contributed by atoms with E-state index < -0.39 is 5.91 Å². The number of hydrogen-bond acceptors (Lipinski definition) is 4. The van der Waals surface area contributed by atoms with E-state index in [0.29, 0.717) is 31.4 Å². The number of thioether (sulfide) groups is 1. The minimum Gasteiger partial charge on any atom is -0.366 e. The van der Waals surface area contributed by atoms with Crippen molar-refractivity contribution in [1.82, 2.24) is 9.88 Å². The number of carbonyl (C=O) groups is 2. The SMILES string of the molecule is Cc1cc(/C=C2/SC(=Nc3cccc(Cl)c3Cl)NC2=O)c(C)n1-c1ccc(C(N)=O)cc1. The second-order valence-electron chi connectivity index (χ2n) is 7.13. The van der Waals surface area contributed by atoms with Gasteiger partial charge in [0.05, 0.1) is 20.6 Å². The molecule has 4 rings (SSSR count). The predicted octanol–water partition coefficient (Wildman–Crippen LogP) is 5.39. The maximum absolute atomic E-state index is 12.5. The van der Waals surface area contributed by atoms with Crippen LogP contribution in [0.1, 0.15) is 27.3 Å². The number of primary amides is 1. The van der Waals surface area contributed by atoms with Crippen LogP contribution >= 0.6 is 35.0 Å². The maximum Gasteiger partial charge on any atom is 0.264 e. The van der Waals surface area contributed by atoms with Gasteiger partial charge < -0.3 is 15.6 Å². The fourth-order valence-electron chi connectivity index (χ4n) is 3.42. The van der Waals surface area contributed by atoms with Gasteiger partial charge in [-0.3, -0.25) is 9.59 Å². The van der Waals surface area contributed by atoms with Gasteiger partial charge in [-0.1, -0.05) is 29.3 Å². The third kappa shape index (κ3) is 4.32. The molecule has 32 heavy (non-hydrogen) atoms. The van der Waals surface area contributed by atoms with Gasteiger partial charge in [-0.05, 0) is 79.7 Å². The van der Waals surface area contributed by atoms with Crippen LogP contribution < -0.4 is 11.1 Å². The molecular formula is C23H18Cl2N4O2S. The molecule has 0 radical (unpaired) electrons. The molecule has 162 valence electrons. The van der Waals surface area contributed by atoms with Crippen molar-refractivity contribution in [2.75, 3.05) is 0 Å². The van der Waals surface area contributed by atoms with Crippen molar-refractivity contribution in [2.45, 2.75) is 13.8 Å². The highest BCUT2D eigenvalue weighted by Gasteiger charge is 2.25. The average Bonchev–Trinajstić information content (AvgIpc) is 3.23. The van der Waals surface area contributed by atoms with Gasteiger partial charge in [0.25, 0.3) is 5.91 Å². The Bertz CT molecular complexity index is 1310. The molecule has 0 atom stereocenters. The van der Waals surface area contributed by atoms with Gasteiger partial charge in [-0.25, -0.2) is 4.99 Å². The summed E-state index contributed by atoms with van der Waals surface area (Å²) in [6.45, 7) is 3.95. The highest BCUT2D eigenvalue weighted by molar-refractivity contribution is 8.18. The second kappa shape index (κ2) is 8.86. The van der Waals surface area contributed by atoms with Crippen LogP contribution in [0.2, 0.25) is 10.0 Å². The monoisotopic (exact) mass is 484 g/mol. The molecule has 1 saturated heterocycles. The van der Waals surface area contributed by atoms with E-state index in [1.54, 1.807) is 30.3 Å². The Labute approximate surface area is 199 Å². The Morgan fingerprint density at radius 1 is 1.16 bits per heavy atom. The van der Waals surface area contributed by atoms with E-state index in [1.165, 1.54) is 11.8 Å². The number of nitrogens with two attached hydrogens (primary N) is 1. The summed E-state index contributed by atoms with van der Waals surface area (Å²) in [6.07, 6.45) is 1.83. The van der Waals surface area contributed by atoms with Crippen molar-refractivity contribution < 1.29 is 9.59 Å². The zero-order chi connectivity index (χ0) is 23.0. The summed E-state index contributed by atoms with van der Waals surface area (Å²) in [7, 11) is 0. The van der Waals surface area contributed by atoms with Gasteiger partial charge in [0, 0.05) is 22.6 Å². The van der Waals surface area contributed by atoms with Crippen LogP contribution in [0.15, 0.2) is 58.4 Å². The first kappa shape index (κ1) is 22.2. The number of halogens is 2. The molecule has 1 aliphatic heterocycles. The Balaban J connectivity index is 1.64. The summed E-state index contributed by atoms with van der Waals surface area (Å²) in [5.41, 5.74) is 10.0. The van der Waals surface area contributed by atoms with Crippen LogP contribution in [0.3, 0.4) is 0 Å². The molecule has 0 spiro atoms. The number of nitrogens with one attached hydrogen (secondary N) is 1. The number of amides is 2. The lowest BCUT2D eigenvalue weighted by molar-refractivity contribution is -0.115. The lowest BCUT2D eigenvalue weighted by atomic mass is 10.2. The normalized spacial score (nSPS) is 16.1. The molecule has 3 N–H and O–H groups in total. The standard InChI is InChI=1S/C23H18Cl2N4O2S/c1-12-10-15(13(2)29(12)16-8-6-14(7-9-16)21(26)30)11-19-22(31)28-23(32-19)27-18-5-3-4-17(24)20(18)25/h3-11H,1-2H3,(H2,26,30)(H,27,28,31)/b19-11+. The fourth-order valence-corrected chi connectivity index (χ4v) is 4.58. The van der Waals surface area contributed by atoms with Crippen molar-refractivity contribution in [3.05, 3.63) is 86.0 Å². The van der Waals surface area contributed by atoms with Gasteiger partial charge in [0.15, 0.2) is 5.17 Å². The Kier molecular flexibility index (Phi) is 6.15. The second-order valence-corrected chi connectivity index (χ2v) is 8.94. The van der Waals surface area contributed by atoms with E-state index >= 15 is 0 Å². The van der Waals surface area contributed by atoms with Crippen molar-refractivity contribution in [2.24, 2.45) is 10.7 Å². The van der Waals surface area contributed by atoms with Gasteiger partial charge >= 0.3 is 0 Å². The van der Waals surface area contributed by atoms with Gasteiger partial charge in [0.2, 0.25) is 5.91 Å². The Morgan fingerprint density at radius 3 is 2.56 bits per heavy atom. The first-order valence-electron chi connectivity index (χ1n) is 9.57. The molecule has 6 nitrogen and oxygen atoms in total. The van der Waals surface area contributed by atoms with Crippen LogP contribution in [-0.4, -0.2) is 21.5 Å². The number of amidine groups is 1. The van der Waals surface area contributed by atoms with E-state index in [4.69, 9.17) is 28.9 Å². The van der Waals surface area contributed by atoms with E-state index in [2.05, 4.69) is 14.9 Å². The third-order valence-electron chi connectivity index (χ3n) is 4.97. The van der Waals surface area contributed by atoms with Gasteiger partial charge in [-0.2, -0.15) is 0 Å².